The van der Waals surface area contributed by atoms with Crippen LogP contribution in [0.1, 0.15) is 41.6 Å². The smallest absolute Gasteiger partial charge is 0.251 e. The fourth-order valence-corrected chi connectivity index (χ4v) is 2.30. The van der Waals surface area contributed by atoms with Crippen LogP contribution in [0, 0.1) is 6.92 Å². The van der Waals surface area contributed by atoms with E-state index in [0.717, 1.165) is 18.5 Å². The van der Waals surface area contributed by atoms with Crippen LogP contribution in [-0.2, 0) is 0 Å². The standard InChI is InChI=1S/C15H24N2OS/c1-12-7-8-13(11-14(12)16)15(18)17-9-5-3-4-6-10-19-2/h7-8,11H,3-6,9-10,16H2,1-2H3,(H,17,18). The first-order chi connectivity index (χ1) is 9.15. The lowest BCUT2D eigenvalue weighted by molar-refractivity contribution is 0.0953. The Labute approximate surface area is 120 Å². The fourth-order valence-electron chi connectivity index (χ4n) is 1.81. The van der Waals surface area contributed by atoms with E-state index >= 15 is 0 Å². The molecule has 0 fully saturated rings. The third-order valence-electron chi connectivity index (χ3n) is 3.10. The van der Waals surface area contributed by atoms with Crippen LogP contribution in [0.2, 0.25) is 0 Å². The molecular formula is C15H24N2OS. The van der Waals surface area contributed by atoms with E-state index in [1.54, 1.807) is 6.07 Å². The van der Waals surface area contributed by atoms with Gasteiger partial charge in [-0.3, -0.25) is 4.79 Å². The van der Waals surface area contributed by atoms with E-state index in [9.17, 15) is 4.79 Å². The number of anilines is 1. The summed E-state index contributed by atoms with van der Waals surface area (Å²) in [5.74, 6) is 1.20. The molecule has 0 aliphatic rings. The van der Waals surface area contributed by atoms with Crippen molar-refractivity contribution in [1.29, 1.82) is 0 Å². The summed E-state index contributed by atoms with van der Waals surface area (Å²) in [6.07, 6.45) is 6.86. The van der Waals surface area contributed by atoms with Gasteiger partial charge in [0.1, 0.15) is 0 Å². The average molecular weight is 280 g/mol. The lowest BCUT2D eigenvalue weighted by atomic mass is 10.1. The zero-order chi connectivity index (χ0) is 14.1. The summed E-state index contributed by atoms with van der Waals surface area (Å²) in [6, 6.07) is 5.44. The van der Waals surface area contributed by atoms with Gasteiger partial charge in [0.2, 0.25) is 0 Å². The Balaban J connectivity index is 2.22. The van der Waals surface area contributed by atoms with Gasteiger partial charge in [-0.25, -0.2) is 0 Å². The molecule has 0 unspecified atom stereocenters. The zero-order valence-corrected chi connectivity index (χ0v) is 12.7. The van der Waals surface area contributed by atoms with E-state index in [1.165, 1.54) is 25.0 Å². The molecule has 3 nitrogen and oxygen atoms in total. The molecule has 3 N–H and O–H groups in total. The number of unbranched alkanes of at least 4 members (excludes halogenated alkanes) is 3. The Kier molecular flexibility index (Phi) is 7.41. The summed E-state index contributed by atoms with van der Waals surface area (Å²) in [7, 11) is 0. The maximum atomic E-state index is 11.9. The number of nitrogens with one attached hydrogen (secondary N) is 1. The highest BCUT2D eigenvalue weighted by molar-refractivity contribution is 7.98. The van der Waals surface area contributed by atoms with Crippen molar-refractivity contribution in [2.75, 3.05) is 24.3 Å². The molecule has 1 aromatic rings. The number of carbonyl (C=O) groups excluding carboxylic acids is 1. The van der Waals surface area contributed by atoms with Gasteiger partial charge in [0.15, 0.2) is 0 Å². The van der Waals surface area contributed by atoms with Crippen molar-refractivity contribution in [3.63, 3.8) is 0 Å². The normalized spacial score (nSPS) is 10.4. The SMILES string of the molecule is CSCCCCCCNC(=O)c1ccc(C)c(N)c1. The first kappa shape index (κ1) is 15.9. The third-order valence-corrected chi connectivity index (χ3v) is 3.80. The fraction of sp³-hybridized carbons (Fsp3) is 0.533. The van der Waals surface area contributed by atoms with E-state index in [0.29, 0.717) is 11.3 Å². The van der Waals surface area contributed by atoms with Crippen molar-refractivity contribution >= 4 is 23.4 Å². The number of amides is 1. The van der Waals surface area contributed by atoms with Crippen molar-refractivity contribution in [1.82, 2.24) is 5.32 Å². The van der Waals surface area contributed by atoms with Gasteiger partial charge in [0.25, 0.3) is 5.91 Å². The number of hydrogen-bond donors (Lipinski definition) is 2. The maximum Gasteiger partial charge on any atom is 0.251 e. The second kappa shape index (κ2) is 8.86. The van der Waals surface area contributed by atoms with Crippen molar-refractivity contribution in [3.8, 4) is 0 Å². The summed E-state index contributed by atoms with van der Waals surface area (Å²) >= 11 is 1.89. The lowest BCUT2D eigenvalue weighted by Crippen LogP contribution is -2.24. The molecule has 0 bridgehead atoms. The molecule has 4 heteroatoms. The van der Waals surface area contributed by atoms with Gasteiger partial charge < -0.3 is 11.1 Å². The molecule has 106 valence electrons. The number of hydrogen-bond acceptors (Lipinski definition) is 3. The molecule has 0 radical (unpaired) electrons. The molecule has 0 atom stereocenters. The average Bonchev–Trinajstić information content (AvgIpc) is 2.40. The lowest BCUT2D eigenvalue weighted by Gasteiger charge is -2.07. The maximum absolute atomic E-state index is 11.9. The molecule has 0 aliphatic carbocycles. The van der Waals surface area contributed by atoms with E-state index in [1.807, 2.05) is 30.8 Å². The Morgan fingerprint density at radius 1 is 1.26 bits per heavy atom. The summed E-state index contributed by atoms with van der Waals surface area (Å²) in [4.78, 5) is 11.9. The highest BCUT2D eigenvalue weighted by atomic mass is 32.2. The molecule has 1 aromatic carbocycles. The quantitative estimate of drug-likeness (QED) is 0.568. The summed E-state index contributed by atoms with van der Waals surface area (Å²) < 4.78 is 0. The van der Waals surface area contributed by atoms with Crippen LogP contribution in [0.3, 0.4) is 0 Å². The third kappa shape index (κ3) is 6.01. The topological polar surface area (TPSA) is 55.1 Å². The van der Waals surface area contributed by atoms with Gasteiger partial charge in [-0.2, -0.15) is 11.8 Å². The Morgan fingerprint density at radius 2 is 2.00 bits per heavy atom. The predicted molar refractivity (Wildman–Crippen MR) is 84.8 cm³/mol. The number of nitrogen functional groups attached to an aromatic ring is 1. The highest BCUT2D eigenvalue weighted by Gasteiger charge is 2.05. The van der Waals surface area contributed by atoms with Gasteiger partial charge in [-0.1, -0.05) is 18.9 Å². The molecule has 0 saturated heterocycles. The Hall–Kier alpha value is -1.16. The van der Waals surface area contributed by atoms with Crippen LogP contribution in [0.4, 0.5) is 5.69 Å². The van der Waals surface area contributed by atoms with Gasteiger partial charge in [0.05, 0.1) is 0 Å². The van der Waals surface area contributed by atoms with Crippen LogP contribution in [0.15, 0.2) is 18.2 Å². The first-order valence-corrected chi connectivity index (χ1v) is 8.18. The van der Waals surface area contributed by atoms with E-state index in [2.05, 4.69) is 11.6 Å². The van der Waals surface area contributed by atoms with E-state index < -0.39 is 0 Å². The van der Waals surface area contributed by atoms with E-state index in [-0.39, 0.29) is 5.91 Å². The van der Waals surface area contributed by atoms with Gasteiger partial charge in [0, 0.05) is 17.8 Å². The minimum atomic E-state index is -0.0317. The van der Waals surface area contributed by atoms with Gasteiger partial charge in [-0.15, -0.1) is 0 Å². The minimum absolute atomic E-state index is 0.0317. The molecule has 0 spiro atoms. The number of carbonyl (C=O) groups is 1. The van der Waals surface area contributed by atoms with E-state index in [4.69, 9.17) is 5.73 Å². The number of rotatable bonds is 8. The molecule has 1 rings (SSSR count). The summed E-state index contributed by atoms with van der Waals surface area (Å²) in [6.45, 7) is 2.68. The van der Waals surface area contributed by atoms with Crippen LogP contribution >= 0.6 is 11.8 Å². The molecule has 19 heavy (non-hydrogen) atoms. The molecule has 1 amide bonds. The molecule has 0 saturated carbocycles. The van der Waals surface area contributed by atoms with Crippen molar-refractivity contribution in [2.45, 2.75) is 32.6 Å². The van der Waals surface area contributed by atoms with Gasteiger partial charge in [-0.05, 0) is 49.5 Å². The number of aryl methyl sites for hydroxylation is 1. The zero-order valence-electron chi connectivity index (χ0n) is 11.9. The number of thioether (sulfide) groups is 1. The summed E-state index contributed by atoms with van der Waals surface area (Å²) in [5, 5.41) is 2.94. The van der Waals surface area contributed by atoms with Crippen LogP contribution < -0.4 is 11.1 Å². The van der Waals surface area contributed by atoms with Crippen LogP contribution in [0.5, 0.6) is 0 Å². The predicted octanol–water partition coefficient (Wildman–Crippen LogP) is 3.23. The molecule has 0 aromatic heterocycles. The number of benzene rings is 1. The molecule has 0 heterocycles. The Bertz CT molecular complexity index is 407. The minimum Gasteiger partial charge on any atom is -0.398 e. The molecule has 0 aliphatic heterocycles. The summed E-state index contributed by atoms with van der Waals surface area (Å²) in [5.41, 5.74) is 8.12. The van der Waals surface area contributed by atoms with Crippen molar-refractivity contribution < 1.29 is 4.79 Å². The van der Waals surface area contributed by atoms with Crippen LogP contribution in [-0.4, -0.2) is 24.5 Å². The largest absolute Gasteiger partial charge is 0.398 e. The van der Waals surface area contributed by atoms with Crippen molar-refractivity contribution in [3.05, 3.63) is 29.3 Å². The monoisotopic (exact) mass is 280 g/mol. The van der Waals surface area contributed by atoms with Gasteiger partial charge >= 0.3 is 0 Å². The second-order valence-electron chi connectivity index (χ2n) is 4.73. The first-order valence-electron chi connectivity index (χ1n) is 6.78. The number of nitrogens with two attached hydrogens (primary N) is 1. The van der Waals surface area contributed by atoms with Crippen molar-refractivity contribution in [2.24, 2.45) is 0 Å². The Morgan fingerprint density at radius 3 is 2.68 bits per heavy atom. The highest BCUT2D eigenvalue weighted by Crippen LogP contribution is 2.12. The second-order valence-corrected chi connectivity index (χ2v) is 5.72. The van der Waals surface area contributed by atoms with Crippen LogP contribution in [0.25, 0.3) is 0 Å². The molecular weight excluding hydrogens is 256 g/mol.